The third kappa shape index (κ3) is 4.49. The first kappa shape index (κ1) is 16.0. The third-order valence-electron chi connectivity index (χ3n) is 3.68. The molecular formula is C14H27N3O2. The van der Waals surface area contributed by atoms with Gasteiger partial charge in [-0.1, -0.05) is 6.92 Å². The first-order chi connectivity index (χ1) is 8.89. The van der Waals surface area contributed by atoms with Gasteiger partial charge in [0.2, 0.25) is 11.8 Å². The summed E-state index contributed by atoms with van der Waals surface area (Å²) in [6.45, 7) is 10.3. The maximum Gasteiger partial charge on any atom is 0.239 e. The molecule has 5 heteroatoms. The van der Waals surface area contributed by atoms with Gasteiger partial charge in [-0.3, -0.25) is 9.59 Å². The number of likely N-dealkylation sites (N-methyl/N-ethyl adjacent to an activating group) is 1. The van der Waals surface area contributed by atoms with Crippen molar-refractivity contribution in [2.24, 2.45) is 5.41 Å². The Morgan fingerprint density at radius 2 is 1.89 bits per heavy atom. The molecule has 2 N–H and O–H groups in total. The van der Waals surface area contributed by atoms with E-state index in [1.54, 1.807) is 4.90 Å². The Bertz CT molecular complexity index is 323. The molecule has 5 nitrogen and oxygen atoms in total. The van der Waals surface area contributed by atoms with Crippen molar-refractivity contribution >= 4 is 11.8 Å². The molecule has 1 rings (SSSR count). The van der Waals surface area contributed by atoms with E-state index in [2.05, 4.69) is 10.6 Å². The average Bonchev–Trinajstić information content (AvgIpc) is 2.35. The lowest BCUT2D eigenvalue weighted by atomic mass is 9.79. The van der Waals surface area contributed by atoms with Crippen LogP contribution < -0.4 is 10.6 Å². The van der Waals surface area contributed by atoms with E-state index in [4.69, 9.17) is 0 Å². The van der Waals surface area contributed by atoms with Crippen molar-refractivity contribution in [3.8, 4) is 0 Å². The number of hydrogen-bond acceptors (Lipinski definition) is 3. The summed E-state index contributed by atoms with van der Waals surface area (Å²) in [6.07, 6.45) is 1.68. The second-order valence-electron chi connectivity index (χ2n) is 5.85. The molecule has 0 aromatic rings. The second-order valence-corrected chi connectivity index (χ2v) is 5.85. The zero-order valence-electron chi connectivity index (χ0n) is 12.6. The second kappa shape index (κ2) is 6.89. The lowest BCUT2D eigenvalue weighted by Gasteiger charge is -2.36. The summed E-state index contributed by atoms with van der Waals surface area (Å²) < 4.78 is 0. The Morgan fingerprint density at radius 1 is 1.32 bits per heavy atom. The average molecular weight is 269 g/mol. The lowest BCUT2D eigenvalue weighted by Crippen LogP contribution is -2.50. The van der Waals surface area contributed by atoms with E-state index in [1.165, 1.54) is 0 Å². The van der Waals surface area contributed by atoms with Gasteiger partial charge in [0, 0.05) is 18.0 Å². The van der Waals surface area contributed by atoms with E-state index in [-0.39, 0.29) is 29.8 Å². The summed E-state index contributed by atoms with van der Waals surface area (Å²) in [4.78, 5) is 26.1. The molecule has 0 aliphatic carbocycles. The van der Waals surface area contributed by atoms with Crippen molar-refractivity contribution in [1.82, 2.24) is 15.5 Å². The van der Waals surface area contributed by atoms with E-state index in [0.29, 0.717) is 6.54 Å². The molecule has 0 saturated carbocycles. The Kier molecular flexibility index (Phi) is 5.79. The number of nitrogens with one attached hydrogen (secondary N) is 2. The van der Waals surface area contributed by atoms with Gasteiger partial charge in [-0.25, -0.2) is 0 Å². The van der Waals surface area contributed by atoms with Gasteiger partial charge in [0.25, 0.3) is 0 Å². The van der Waals surface area contributed by atoms with Crippen LogP contribution in [0, 0.1) is 5.41 Å². The fourth-order valence-electron chi connectivity index (χ4n) is 2.44. The SMILES string of the molecule is CCN(CC(=O)NC(C)C)C(=O)C1(C)CCNCC1. The zero-order chi connectivity index (χ0) is 14.5. The highest BCUT2D eigenvalue weighted by atomic mass is 16.2. The summed E-state index contributed by atoms with van der Waals surface area (Å²) in [5.74, 6) is 0.0261. The number of nitrogens with zero attached hydrogens (tertiary/aromatic N) is 1. The molecule has 1 saturated heterocycles. The highest BCUT2D eigenvalue weighted by Crippen LogP contribution is 2.30. The molecule has 1 fully saturated rings. The van der Waals surface area contributed by atoms with Crippen LogP contribution in [0.2, 0.25) is 0 Å². The Morgan fingerprint density at radius 3 is 2.37 bits per heavy atom. The number of piperidine rings is 1. The number of carbonyl (C=O) groups is 2. The molecule has 19 heavy (non-hydrogen) atoms. The van der Waals surface area contributed by atoms with Crippen LogP contribution in [0.1, 0.15) is 40.5 Å². The maximum atomic E-state index is 12.6. The van der Waals surface area contributed by atoms with Crippen LogP contribution in [-0.4, -0.2) is 48.9 Å². The van der Waals surface area contributed by atoms with Crippen molar-refractivity contribution in [3.63, 3.8) is 0 Å². The van der Waals surface area contributed by atoms with E-state index >= 15 is 0 Å². The molecular weight excluding hydrogens is 242 g/mol. The third-order valence-corrected chi connectivity index (χ3v) is 3.68. The molecule has 0 radical (unpaired) electrons. The molecule has 1 aliphatic rings. The van der Waals surface area contributed by atoms with Crippen LogP contribution in [-0.2, 0) is 9.59 Å². The number of rotatable bonds is 5. The highest BCUT2D eigenvalue weighted by Gasteiger charge is 2.37. The van der Waals surface area contributed by atoms with Crippen molar-refractivity contribution in [1.29, 1.82) is 0 Å². The van der Waals surface area contributed by atoms with Gasteiger partial charge in [-0.2, -0.15) is 0 Å². The standard InChI is InChI=1S/C14H27N3O2/c1-5-17(10-12(18)16-11(2)3)13(19)14(4)6-8-15-9-7-14/h11,15H,5-10H2,1-4H3,(H,16,18). The van der Waals surface area contributed by atoms with E-state index in [0.717, 1.165) is 25.9 Å². The normalized spacial score (nSPS) is 18.2. The molecule has 0 aromatic carbocycles. The minimum atomic E-state index is -0.320. The van der Waals surface area contributed by atoms with Crippen LogP contribution in [0.25, 0.3) is 0 Å². The van der Waals surface area contributed by atoms with Crippen molar-refractivity contribution in [2.75, 3.05) is 26.2 Å². The quantitative estimate of drug-likeness (QED) is 0.774. The van der Waals surface area contributed by atoms with Crippen molar-refractivity contribution < 1.29 is 9.59 Å². The Labute approximate surface area is 116 Å². The first-order valence-corrected chi connectivity index (χ1v) is 7.18. The van der Waals surface area contributed by atoms with Crippen LogP contribution in [0.3, 0.4) is 0 Å². The van der Waals surface area contributed by atoms with Crippen LogP contribution in [0.5, 0.6) is 0 Å². The van der Waals surface area contributed by atoms with Crippen LogP contribution >= 0.6 is 0 Å². The molecule has 1 heterocycles. The first-order valence-electron chi connectivity index (χ1n) is 7.18. The van der Waals surface area contributed by atoms with E-state index in [1.807, 2.05) is 27.7 Å². The van der Waals surface area contributed by atoms with Gasteiger partial charge in [-0.05, 0) is 46.7 Å². The van der Waals surface area contributed by atoms with Gasteiger partial charge in [0.15, 0.2) is 0 Å². The minimum absolute atomic E-state index is 0.0808. The van der Waals surface area contributed by atoms with Crippen molar-refractivity contribution in [2.45, 2.75) is 46.6 Å². The monoisotopic (exact) mass is 269 g/mol. The summed E-state index contributed by atoms with van der Waals surface area (Å²) >= 11 is 0. The largest absolute Gasteiger partial charge is 0.352 e. The fourth-order valence-corrected chi connectivity index (χ4v) is 2.44. The Balaban J connectivity index is 2.63. The smallest absolute Gasteiger partial charge is 0.239 e. The maximum absolute atomic E-state index is 12.6. The van der Waals surface area contributed by atoms with Gasteiger partial charge in [0.05, 0.1) is 6.54 Å². The molecule has 0 aromatic heterocycles. The van der Waals surface area contributed by atoms with E-state index < -0.39 is 0 Å². The van der Waals surface area contributed by atoms with Crippen LogP contribution in [0.15, 0.2) is 0 Å². The Hall–Kier alpha value is -1.10. The van der Waals surface area contributed by atoms with E-state index in [9.17, 15) is 9.59 Å². The summed E-state index contributed by atoms with van der Waals surface area (Å²) in [5, 5.41) is 6.10. The summed E-state index contributed by atoms with van der Waals surface area (Å²) in [6, 6.07) is 0.107. The number of carbonyl (C=O) groups excluding carboxylic acids is 2. The van der Waals surface area contributed by atoms with Gasteiger partial charge >= 0.3 is 0 Å². The molecule has 0 unspecified atom stereocenters. The fraction of sp³-hybridized carbons (Fsp3) is 0.857. The molecule has 1 aliphatic heterocycles. The van der Waals surface area contributed by atoms with Gasteiger partial charge in [-0.15, -0.1) is 0 Å². The number of hydrogen-bond donors (Lipinski definition) is 2. The topological polar surface area (TPSA) is 61.4 Å². The molecule has 0 atom stereocenters. The molecule has 110 valence electrons. The minimum Gasteiger partial charge on any atom is -0.352 e. The highest BCUT2D eigenvalue weighted by molar-refractivity contribution is 5.88. The molecule has 0 bridgehead atoms. The molecule has 2 amide bonds. The van der Waals surface area contributed by atoms with Crippen molar-refractivity contribution in [3.05, 3.63) is 0 Å². The van der Waals surface area contributed by atoms with Gasteiger partial charge in [0.1, 0.15) is 0 Å². The molecule has 0 spiro atoms. The predicted octanol–water partition coefficient (Wildman–Crippen LogP) is 0.749. The van der Waals surface area contributed by atoms with Crippen LogP contribution in [0.4, 0.5) is 0 Å². The summed E-state index contributed by atoms with van der Waals surface area (Å²) in [7, 11) is 0. The zero-order valence-corrected chi connectivity index (χ0v) is 12.6. The predicted molar refractivity (Wildman–Crippen MR) is 75.7 cm³/mol. The van der Waals surface area contributed by atoms with Gasteiger partial charge < -0.3 is 15.5 Å². The summed E-state index contributed by atoms with van der Waals surface area (Å²) in [5.41, 5.74) is -0.320. The lowest BCUT2D eigenvalue weighted by molar-refractivity contribution is -0.145. The number of amides is 2.